The molecule has 0 unspecified atom stereocenters. The van der Waals surface area contributed by atoms with E-state index >= 15 is 0 Å². The number of unbranched alkanes of at least 4 members (excludes halogenated alkanes) is 2. The van der Waals surface area contributed by atoms with Gasteiger partial charge in [0.15, 0.2) is 0 Å². The third-order valence-corrected chi connectivity index (χ3v) is 1.80. The summed E-state index contributed by atoms with van der Waals surface area (Å²) >= 11 is 3.32. The van der Waals surface area contributed by atoms with Crippen LogP contribution in [0.25, 0.3) is 0 Å². The smallest absolute Gasteiger partial charge is 0.220 e. The number of rotatable bonds is 5. The van der Waals surface area contributed by atoms with Gasteiger partial charge in [-0.15, -0.1) is 0 Å². The van der Waals surface area contributed by atoms with Gasteiger partial charge in [-0.2, -0.15) is 0 Å². The van der Waals surface area contributed by atoms with Crippen molar-refractivity contribution >= 4 is 21.8 Å². The Hall–Kier alpha value is -0.0500. The predicted molar refractivity (Wildman–Crippen MR) is 45.8 cm³/mol. The lowest BCUT2D eigenvalue weighted by Crippen LogP contribution is -2.14. The van der Waals surface area contributed by atoms with Gasteiger partial charge in [0.2, 0.25) is 5.91 Å². The van der Waals surface area contributed by atoms with E-state index in [1.165, 1.54) is 0 Å². The number of carbonyl (C=O) groups excluding carboxylic acids is 1. The van der Waals surface area contributed by atoms with E-state index in [-0.39, 0.29) is 5.91 Å². The summed E-state index contributed by atoms with van der Waals surface area (Å²) in [7, 11) is 3.28. The van der Waals surface area contributed by atoms with Gasteiger partial charge in [-0.25, -0.2) is 0 Å². The number of alkyl halides is 1. The zero-order valence-electron chi connectivity index (χ0n) is 6.03. The van der Waals surface area contributed by atoms with Gasteiger partial charge in [0.05, 0.1) is 0 Å². The minimum absolute atomic E-state index is 0.0366. The Labute approximate surface area is 70.5 Å². The van der Waals surface area contributed by atoms with Crippen molar-refractivity contribution < 1.29 is 4.79 Å². The Morgan fingerprint density at radius 1 is 1.40 bits per heavy atom. The summed E-state index contributed by atoms with van der Waals surface area (Å²) in [4.78, 5) is 10.6. The summed E-state index contributed by atoms with van der Waals surface area (Å²) in [5.41, 5.74) is 0. The van der Waals surface area contributed by atoms with Crippen LogP contribution in [0.1, 0.15) is 25.7 Å². The molecule has 1 amide bonds. The molecule has 59 valence electrons. The zero-order valence-corrected chi connectivity index (χ0v) is 7.61. The molecule has 3 heteroatoms. The average molecular weight is 207 g/mol. The number of amides is 1. The first-order valence-corrected chi connectivity index (χ1v) is 4.55. The number of carbonyl (C=O) groups is 1. The molecule has 0 aromatic rings. The van der Waals surface area contributed by atoms with E-state index in [1.54, 1.807) is 0 Å². The van der Waals surface area contributed by atoms with Crippen molar-refractivity contribution in [1.82, 2.24) is 5.32 Å². The van der Waals surface area contributed by atoms with Gasteiger partial charge in [-0.3, -0.25) is 4.79 Å². The van der Waals surface area contributed by atoms with E-state index in [9.17, 15) is 4.79 Å². The molecular formula is C7H13BrNO. The van der Waals surface area contributed by atoms with Gasteiger partial charge in [0.1, 0.15) is 0 Å². The van der Waals surface area contributed by atoms with Gasteiger partial charge in [-0.05, 0) is 12.8 Å². The highest BCUT2D eigenvalue weighted by Gasteiger charge is 1.95. The Kier molecular flexibility index (Phi) is 7.03. The summed E-state index contributed by atoms with van der Waals surface area (Å²) in [5.74, 6) is 0.0366. The van der Waals surface area contributed by atoms with Crippen LogP contribution in [-0.2, 0) is 4.79 Å². The van der Waals surface area contributed by atoms with Crippen LogP contribution < -0.4 is 5.32 Å². The predicted octanol–water partition coefficient (Wildman–Crippen LogP) is 1.85. The highest BCUT2D eigenvalue weighted by atomic mass is 79.9. The minimum Gasteiger partial charge on any atom is -0.354 e. The van der Waals surface area contributed by atoms with Crippen LogP contribution >= 0.6 is 15.9 Å². The lowest BCUT2D eigenvalue weighted by atomic mass is 10.2. The fourth-order valence-electron chi connectivity index (χ4n) is 0.645. The molecule has 0 aromatic heterocycles. The molecule has 0 atom stereocenters. The SMILES string of the molecule is [CH2]NC(=O)CCCCCBr. The molecule has 0 fully saturated rings. The van der Waals surface area contributed by atoms with Crippen molar-refractivity contribution in [2.45, 2.75) is 25.7 Å². The van der Waals surface area contributed by atoms with Gasteiger partial charge in [-0.1, -0.05) is 22.4 Å². The second kappa shape index (κ2) is 7.06. The van der Waals surface area contributed by atoms with E-state index in [1.807, 2.05) is 0 Å². The first-order chi connectivity index (χ1) is 4.81. The molecule has 0 aliphatic heterocycles. The van der Waals surface area contributed by atoms with E-state index in [4.69, 9.17) is 0 Å². The molecule has 0 rings (SSSR count). The quantitative estimate of drug-likeness (QED) is 0.541. The summed E-state index contributed by atoms with van der Waals surface area (Å²) in [6.45, 7) is 0. The molecule has 1 N–H and O–H groups in total. The third kappa shape index (κ3) is 6.08. The lowest BCUT2D eigenvalue weighted by Gasteiger charge is -1.97. The molecule has 0 spiro atoms. The standard InChI is InChI=1S/C7H13BrNO/c1-9-7(10)5-3-2-4-6-8/h1-6H2,(H,9,10). The summed E-state index contributed by atoms with van der Waals surface area (Å²) in [6, 6.07) is 0. The van der Waals surface area contributed by atoms with Crippen molar-refractivity contribution in [2.75, 3.05) is 5.33 Å². The fraction of sp³-hybridized carbons (Fsp3) is 0.714. The molecule has 2 nitrogen and oxygen atoms in total. The van der Waals surface area contributed by atoms with Crippen LogP contribution in [0.2, 0.25) is 0 Å². The van der Waals surface area contributed by atoms with Gasteiger partial charge < -0.3 is 5.32 Å². The molecule has 0 aliphatic carbocycles. The molecule has 0 bridgehead atoms. The largest absolute Gasteiger partial charge is 0.354 e. The Morgan fingerprint density at radius 3 is 2.60 bits per heavy atom. The van der Waals surface area contributed by atoms with Crippen LogP contribution in [0.15, 0.2) is 0 Å². The zero-order chi connectivity index (χ0) is 7.82. The van der Waals surface area contributed by atoms with Crippen molar-refractivity contribution in [1.29, 1.82) is 0 Å². The lowest BCUT2D eigenvalue weighted by molar-refractivity contribution is -0.120. The molecule has 0 saturated carbocycles. The van der Waals surface area contributed by atoms with Crippen molar-refractivity contribution in [3.63, 3.8) is 0 Å². The van der Waals surface area contributed by atoms with E-state index < -0.39 is 0 Å². The van der Waals surface area contributed by atoms with Gasteiger partial charge >= 0.3 is 0 Å². The minimum atomic E-state index is 0.0366. The third-order valence-electron chi connectivity index (χ3n) is 1.23. The average Bonchev–Trinajstić information content (AvgIpc) is 1.98. The Morgan fingerprint density at radius 2 is 2.10 bits per heavy atom. The number of nitrogens with one attached hydrogen (secondary N) is 1. The highest BCUT2D eigenvalue weighted by Crippen LogP contribution is 2.01. The first kappa shape index (κ1) is 9.95. The fourth-order valence-corrected chi connectivity index (χ4v) is 1.04. The second-order valence-electron chi connectivity index (χ2n) is 2.10. The maximum absolute atomic E-state index is 10.6. The number of hydrogen-bond acceptors (Lipinski definition) is 1. The van der Waals surface area contributed by atoms with E-state index in [2.05, 4.69) is 28.3 Å². The van der Waals surface area contributed by atoms with Crippen LogP contribution in [0.3, 0.4) is 0 Å². The summed E-state index contributed by atoms with van der Waals surface area (Å²) < 4.78 is 0. The van der Waals surface area contributed by atoms with Crippen LogP contribution in [0, 0.1) is 7.05 Å². The van der Waals surface area contributed by atoms with Crippen LogP contribution in [0.4, 0.5) is 0 Å². The maximum atomic E-state index is 10.6. The number of hydrogen-bond donors (Lipinski definition) is 1. The normalized spacial score (nSPS) is 9.40. The molecule has 0 heterocycles. The molecule has 0 aliphatic rings. The summed E-state index contributed by atoms with van der Waals surface area (Å²) in [5, 5.41) is 3.37. The van der Waals surface area contributed by atoms with Crippen molar-refractivity contribution in [2.24, 2.45) is 0 Å². The monoisotopic (exact) mass is 206 g/mol. The topological polar surface area (TPSA) is 29.1 Å². The van der Waals surface area contributed by atoms with Gasteiger partial charge in [0, 0.05) is 18.8 Å². The highest BCUT2D eigenvalue weighted by molar-refractivity contribution is 9.09. The molecule has 10 heavy (non-hydrogen) atoms. The van der Waals surface area contributed by atoms with E-state index in [0.29, 0.717) is 6.42 Å². The summed E-state index contributed by atoms with van der Waals surface area (Å²) in [6.07, 6.45) is 3.83. The Balaban J connectivity index is 2.96. The molecule has 0 aromatic carbocycles. The second-order valence-corrected chi connectivity index (χ2v) is 2.89. The molecule has 1 radical (unpaired) electrons. The molecule has 0 saturated heterocycles. The number of halogens is 1. The molecular weight excluding hydrogens is 194 g/mol. The van der Waals surface area contributed by atoms with Crippen LogP contribution in [0.5, 0.6) is 0 Å². The van der Waals surface area contributed by atoms with Crippen LogP contribution in [-0.4, -0.2) is 11.2 Å². The Bertz CT molecular complexity index is 95.6. The first-order valence-electron chi connectivity index (χ1n) is 3.43. The maximum Gasteiger partial charge on any atom is 0.220 e. The van der Waals surface area contributed by atoms with Crippen molar-refractivity contribution in [3.05, 3.63) is 7.05 Å². The van der Waals surface area contributed by atoms with Crippen molar-refractivity contribution in [3.8, 4) is 0 Å². The van der Waals surface area contributed by atoms with Gasteiger partial charge in [0.25, 0.3) is 0 Å². The van der Waals surface area contributed by atoms with E-state index in [0.717, 1.165) is 24.6 Å².